The Bertz CT molecular complexity index is 750. The molecule has 1 saturated heterocycles. The van der Waals surface area contributed by atoms with Crippen molar-refractivity contribution in [1.29, 1.82) is 0 Å². The van der Waals surface area contributed by atoms with Crippen LogP contribution in [0.15, 0.2) is 29.1 Å². The molecule has 1 aromatic heterocycles. The summed E-state index contributed by atoms with van der Waals surface area (Å²) >= 11 is 0. The average molecular weight is 343 g/mol. The van der Waals surface area contributed by atoms with Gasteiger partial charge in [-0.3, -0.25) is 4.57 Å². The van der Waals surface area contributed by atoms with Gasteiger partial charge in [-0.1, -0.05) is 12.1 Å². The predicted molar refractivity (Wildman–Crippen MR) is 100 cm³/mol. The molecule has 4 rings (SSSR count). The summed E-state index contributed by atoms with van der Waals surface area (Å²) < 4.78 is 7.76. The number of nitrogens with one attached hydrogen (secondary N) is 1. The minimum Gasteiger partial charge on any atom is -0.379 e. The Morgan fingerprint density at radius 3 is 2.48 bits per heavy atom. The number of benzene rings is 1. The van der Waals surface area contributed by atoms with Crippen molar-refractivity contribution in [2.24, 2.45) is 0 Å². The molecule has 0 unspecified atom stereocenters. The number of nitrogens with zero attached hydrogens (tertiary/aromatic N) is 2. The molecule has 136 valence electrons. The maximum absolute atomic E-state index is 12.4. The highest BCUT2D eigenvalue weighted by molar-refractivity contribution is 5.75. The molecule has 2 aromatic rings. The Labute approximate surface area is 149 Å². The van der Waals surface area contributed by atoms with Gasteiger partial charge in [-0.25, -0.2) is 4.79 Å². The number of para-hydroxylation sites is 2. The Kier molecular flexibility index (Phi) is 4.95. The van der Waals surface area contributed by atoms with Crippen LogP contribution in [-0.2, 0) is 4.74 Å². The van der Waals surface area contributed by atoms with Crippen LogP contribution in [0.3, 0.4) is 0 Å². The number of piperidine rings is 1. The van der Waals surface area contributed by atoms with Crippen LogP contribution >= 0.6 is 0 Å². The number of aromatic amines is 1. The van der Waals surface area contributed by atoms with Crippen molar-refractivity contribution in [3.05, 3.63) is 34.7 Å². The molecule has 5 heteroatoms. The second-order valence-corrected chi connectivity index (χ2v) is 7.47. The molecular weight excluding hydrogens is 314 g/mol. The summed E-state index contributed by atoms with van der Waals surface area (Å²) in [6.07, 6.45) is 7.50. The van der Waals surface area contributed by atoms with Gasteiger partial charge in [0.2, 0.25) is 0 Å². The molecule has 1 saturated carbocycles. The highest BCUT2D eigenvalue weighted by Gasteiger charge is 2.30. The molecule has 0 bridgehead atoms. The van der Waals surface area contributed by atoms with Crippen LogP contribution in [-0.4, -0.2) is 46.3 Å². The van der Waals surface area contributed by atoms with Gasteiger partial charge < -0.3 is 14.6 Å². The van der Waals surface area contributed by atoms with Crippen molar-refractivity contribution < 1.29 is 4.74 Å². The first kappa shape index (κ1) is 16.9. The SMILES string of the molecule is CCOC1CCC(N2CCC(n3c(=O)[nH]c4ccccc43)CC2)CC1. The fraction of sp³-hybridized carbons (Fsp3) is 0.650. The third kappa shape index (κ3) is 3.40. The van der Waals surface area contributed by atoms with Crippen LogP contribution < -0.4 is 5.69 Å². The number of hydrogen-bond acceptors (Lipinski definition) is 3. The molecule has 2 fully saturated rings. The number of rotatable bonds is 4. The van der Waals surface area contributed by atoms with E-state index in [4.69, 9.17) is 4.74 Å². The van der Waals surface area contributed by atoms with Crippen molar-refractivity contribution in [3.63, 3.8) is 0 Å². The zero-order valence-electron chi connectivity index (χ0n) is 15.1. The number of likely N-dealkylation sites (tertiary alicyclic amines) is 1. The zero-order chi connectivity index (χ0) is 17.2. The molecule has 2 heterocycles. The average Bonchev–Trinajstić information content (AvgIpc) is 2.98. The lowest BCUT2D eigenvalue weighted by molar-refractivity contribution is 0.00796. The maximum Gasteiger partial charge on any atom is 0.326 e. The summed E-state index contributed by atoms with van der Waals surface area (Å²) in [5, 5.41) is 0. The fourth-order valence-electron chi connectivity index (χ4n) is 4.76. The molecule has 25 heavy (non-hydrogen) atoms. The van der Waals surface area contributed by atoms with Gasteiger partial charge in [0.1, 0.15) is 0 Å². The molecule has 0 spiro atoms. The number of imidazole rings is 1. The van der Waals surface area contributed by atoms with Crippen molar-refractivity contribution in [1.82, 2.24) is 14.5 Å². The van der Waals surface area contributed by atoms with Crippen molar-refractivity contribution >= 4 is 11.0 Å². The van der Waals surface area contributed by atoms with E-state index in [1.54, 1.807) is 0 Å². The van der Waals surface area contributed by atoms with E-state index in [-0.39, 0.29) is 5.69 Å². The van der Waals surface area contributed by atoms with E-state index in [1.807, 2.05) is 22.8 Å². The monoisotopic (exact) mass is 343 g/mol. The Balaban J connectivity index is 1.39. The van der Waals surface area contributed by atoms with E-state index in [0.717, 1.165) is 43.6 Å². The van der Waals surface area contributed by atoms with Gasteiger partial charge in [0.15, 0.2) is 0 Å². The summed E-state index contributed by atoms with van der Waals surface area (Å²) in [7, 11) is 0. The van der Waals surface area contributed by atoms with Crippen molar-refractivity contribution in [2.75, 3.05) is 19.7 Å². The van der Waals surface area contributed by atoms with E-state index in [2.05, 4.69) is 22.9 Å². The Hall–Kier alpha value is -1.59. The Morgan fingerprint density at radius 1 is 1.04 bits per heavy atom. The molecule has 1 aliphatic carbocycles. The first-order valence-electron chi connectivity index (χ1n) is 9.81. The summed E-state index contributed by atoms with van der Waals surface area (Å²) in [5.41, 5.74) is 2.03. The molecule has 1 aromatic carbocycles. The van der Waals surface area contributed by atoms with Crippen molar-refractivity contribution in [2.45, 2.75) is 63.6 Å². The lowest BCUT2D eigenvalue weighted by atomic mass is 9.90. The third-order valence-corrected chi connectivity index (χ3v) is 6.05. The maximum atomic E-state index is 12.4. The van der Waals surface area contributed by atoms with Gasteiger partial charge in [0, 0.05) is 31.8 Å². The predicted octanol–water partition coefficient (Wildman–Crippen LogP) is 3.31. The van der Waals surface area contributed by atoms with Crippen LogP contribution in [0.4, 0.5) is 0 Å². The minimum atomic E-state index is 0.0388. The normalized spacial score (nSPS) is 26.3. The quantitative estimate of drug-likeness (QED) is 0.926. The summed E-state index contributed by atoms with van der Waals surface area (Å²) in [6, 6.07) is 9.05. The smallest absolute Gasteiger partial charge is 0.326 e. The third-order valence-electron chi connectivity index (χ3n) is 6.05. The van der Waals surface area contributed by atoms with Crippen molar-refractivity contribution in [3.8, 4) is 0 Å². The summed E-state index contributed by atoms with van der Waals surface area (Å²) in [5.74, 6) is 0. The lowest BCUT2D eigenvalue weighted by Crippen LogP contribution is -2.45. The van der Waals surface area contributed by atoms with Crippen LogP contribution in [0.25, 0.3) is 11.0 Å². The highest BCUT2D eigenvalue weighted by atomic mass is 16.5. The van der Waals surface area contributed by atoms with Gasteiger partial charge in [-0.2, -0.15) is 0 Å². The van der Waals surface area contributed by atoms with E-state index < -0.39 is 0 Å². The first-order valence-corrected chi connectivity index (χ1v) is 9.81. The van der Waals surface area contributed by atoms with Crippen LogP contribution in [0.1, 0.15) is 51.5 Å². The van der Waals surface area contributed by atoms with Gasteiger partial charge in [-0.15, -0.1) is 0 Å². The number of aromatic nitrogens is 2. The molecule has 0 radical (unpaired) electrons. The molecule has 0 atom stereocenters. The van der Waals surface area contributed by atoms with Gasteiger partial charge in [-0.05, 0) is 57.6 Å². The number of ether oxygens (including phenoxy) is 1. The summed E-state index contributed by atoms with van der Waals surface area (Å²) in [6.45, 7) is 5.12. The van der Waals surface area contributed by atoms with Crippen LogP contribution in [0, 0.1) is 0 Å². The fourth-order valence-corrected chi connectivity index (χ4v) is 4.76. The van der Waals surface area contributed by atoms with E-state index in [1.165, 1.54) is 25.7 Å². The molecular formula is C20H29N3O2. The van der Waals surface area contributed by atoms with Crippen LogP contribution in [0.2, 0.25) is 0 Å². The molecule has 5 nitrogen and oxygen atoms in total. The highest BCUT2D eigenvalue weighted by Crippen LogP contribution is 2.30. The number of hydrogen-bond donors (Lipinski definition) is 1. The minimum absolute atomic E-state index is 0.0388. The molecule has 0 amide bonds. The summed E-state index contributed by atoms with van der Waals surface area (Å²) in [4.78, 5) is 18.0. The zero-order valence-corrected chi connectivity index (χ0v) is 15.1. The standard InChI is InChI=1S/C20H29N3O2/c1-2-25-17-9-7-15(8-10-17)22-13-11-16(12-14-22)23-19-6-4-3-5-18(19)21-20(23)24/h3-6,15-17H,2,7-14H2,1H3,(H,21,24). The Morgan fingerprint density at radius 2 is 1.76 bits per heavy atom. The molecule has 1 aliphatic heterocycles. The second-order valence-electron chi connectivity index (χ2n) is 7.47. The van der Waals surface area contributed by atoms with E-state index in [9.17, 15) is 4.79 Å². The van der Waals surface area contributed by atoms with E-state index >= 15 is 0 Å². The first-order chi connectivity index (χ1) is 12.3. The van der Waals surface area contributed by atoms with Crippen LogP contribution in [0.5, 0.6) is 0 Å². The topological polar surface area (TPSA) is 50.3 Å². The van der Waals surface area contributed by atoms with Gasteiger partial charge in [0.25, 0.3) is 0 Å². The van der Waals surface area contributed by atoms with E-state index in [0.29, 0.717) is 18.2 Å². The largest absolute Gasteiger partial charge is 0.379 e. The number of fused-ring (bicyclic) bond motifs is 1. The van der Waals surface area contributed by atoms with Gasteiger partial charge >= 0.3 is 5.69 Å². The van der Waals surface area contributed by atoms with Gasteiger partial charge in [0.05, 0.1) is 17.1 Å². The molecule has 1 N–H and O–H groups in total. The second kappa shape index (κ2) is 7.34. The molecule has 2 aliphatic rings. The number of H-pyrrole nitrogens is 1. The lowest BCUT2D eigenvalue weighted by Gasteiger charge is -2.40.